The van der Waals surface area contributed by atoms with Gasteiger partial charge in [-0.2, -0.15) is 0 Å². The first-order chi connectivity index (χ1) is 51.0. The van der Waals surface area contributed by atoms with Crippen LogP contribution in [-0.2, 0) is 46.4 Å². The molecular formula is C76H94N4O26. The first kappa shape index (κ1) is 79.8. The van der Waals surface area contributed by atoms with E-state index in [1.165, 1.54) is 72.6 Å². The highest BCUT2D eigenvalue weighted by atomic mass is 16.7. The van der Waals surface area contributed by atoms with Crippen molar-refractivity contribution >= 4 is 46.9 Å². The number of unbranched alkanes of at least 4 members (excludes halogenated alkanes) is 2. The summed E-state index contributed by atoms with van der Waals surface area (Å²) in [4.78, 5) is 90.4. The second-order valence-electron chi connectivity index (χ2n) is 26.8. The summed E-state index contributed by atoms with van der Waals surface area (Å²) in [5, 5.41) is 86.7. The largest absolute Gasteiger partial charge is 0.493 e. The van der Waals surface area contributed by atoms with Crippen molar-refractivity contribution in [2.75, 3.05) is 90.1 Å². The minimum Gasteiger partial charge on any atom is -0.493 e. The fourth-order valence-electron chi connectivity index (χ4n) is 13.4. The Morgan fingerprint density at radius 2 is 1.06 bits per heavy atom. The number of benzene rings is 4. The van der Waals surface area contributed by atoms with Crippen molar-refractivity contribution in [2.45, 2.75) is 178 Å². The molecule has 2 fully saturated rings. The molecule has 2 unspecified atom stereocenters. The third-order valence-corrected chi connectivity index (χ3v) is 19.1. The van der Waals surface area contributed by atoms with Crippen LogP contribution in [0.1, 0.15) is 143 Å². The molecule has 0 bridgehead atoms. The van der Waals surface area contributed by atoms with E-state index >= 15 is 0 Å². The van der Waals surface area contributed by atoms with Crippen molar-refractivity contribution in [3.05, 3.63) is 123 Å². The van der Waals surface area contributed by atoms with Crippen LogP contribution in [0.15, 0.2) is 84.2 Å². The molecule has 30 nitrogen and oxygen atoms in total. The Kier molecular flexibility index (Phi) is 28.0. The number of Topliss-reactive ketones (excluding diaryl/α,β-unsaturated/α-hetero) is 2. The van der Waals surface area contributed by atoms with Gasteiger partial charge in [0.2, 0.25) is 6.29 Å². The van der Waals surface area contributed by atoms with Crippen LogP contribution in [0, 0.1) is 19.3 Å². The minimum atomic E-state index is -1.66. The molecule has 12 atom stereocenters. The number of methoxy groups -OCH3 is 2. The van der Waals surface area contributed by atoms with Crippen LogP contribution in [0.3, 0.4) is 0 Å². The van der Waals surface area contributed by atoms with Gasteiger partial charge in [0, 0.05) is 57.7 Å². The highest BCUT2D eigenvalue weighted by molar-refractivity contribution is 6.08. The van der Waals surface area contributed by atoms with E-state index in [2.05, 4.69) is 5.92 Å². The molecule has 0 radical (unpaired) electrons. The van der Waals surface area contributed by atoms with Crippen LogP contribution in [0.4, 0.5) is 21.0 Å². The third kappa shape index (κ3) is 18.9. The smallest absolute Gasteiger partial charge is 0.416 e. The van der Waals surface area contributed by atoms with Gasteiger partial charge in [0.1, 0.15) is 73.7 Å². The summed E-state index contributed by atoms with van der Waals surface area (Å²) < 4.78 is 69.1. The maximum Gasteiger partial charge on any atom is 0.416 e. The number of anilines is 2. The van der Waals surface area contributed by atoms with Crippen molar-refractivity contribution in [3.8, 4) is 41.1 Å². The zero-order valence-corrected chi connectivity index (χ0v) is 59.9. The molecule has 5 heterocycles. The fourth-order valence-corrected chi connectivity index (χ4v) is 13.4. The van der Waals surface area contributed by atoms with Gasteiger partial charge in [-0.25, -0.2) is 19.4 Å². The van der Waals surface area contributed by atoms with Crippen molar-refractivity contribution in [1.29, 1.82) is 0 Å². The Hall–Kier alpha value is -8.78. The summed E-state index contributed by atoms with van der Waals surface area (Å²) in [5.41, 5.74) is 2.99. The number of amides is 4. The maximum absolute atomic E-state index is 14.6. The lowest BCUT2D eigenvalue weighted by atomic mass is 9.89. The number of hydrogen-bond donors (Lipinski definition) is 8. The lowest BCUT2D eigenvalue weighted by Crippen LogP contribution is -2.54. The van der Waals surface area contributed by atoms with Crippen LogP contribution < -0.4 is 33.5 Å². The van der Waals surface area contributed by atoms with Gasteiger partial charge in [0.15, 0.2) is 35.5 Å². The number of hydrogen-bond acceptors (Lipinski definition) is 26. The summed E-state index contributed by atoms with van der Waals surface area (Å²) in [6.07, 6.45) is -5.06. The highest BCUT2D eigenvalue weighted by Gasteiger charge is 2.48. The van der Waals surface area contributed by atoms with Crippen molar-refractivity contribution in [2.24, 2.45) is 0 Å². The molecule has 4 amide bonds. The van der Waals surface area contributed by atoms with E-state index in [4.69, 9.17) is 63.3 Å². The lowest BCUT2D eigenvalue weighted by Gasteiger charge is -2.35. The number of terminal acetylenes is 1. The molecule has 8 N–H and O–H groups in total. The van der Waals surface area contributed by atoms with E-state index in [0.29, 0.717) is 74.4 Å². The number of ketones is 2. The molecular weight excluding hydrogens is 1380 g/mol. The molecule has 4 aromatic rings. The Labute approximate surface area is 613 Å². The first-order valence-corrected chi connectivity index (χ1v) is 35.4. The van der Waals surface area contributed by atoms with E-state index < -0.39 is 111 Å². The third-order valence-electron chi connectivity index (χ3n) is 19.1. The number of aliphatic hydroxyl groups excluding tert-OH is 8. The van der Waals surface area contributed by atoms with Crippen molar-refractivity contribution in [3.63, 3.8) is 0 Å². The summed E-state index contributed by atoms with van der Waals surface area (Å²) >= 11 is 0. The van der Waals surface area contributed by atoms with E-state index in [1.54, 1.807) is 38.4 Å². The quantitative estimate of drug-likeness (QED) is 0.0162. The van der Waals surface area contributed by atoms with Gasteiger partial charge < -0.3 is 107 Å². The molecule has 1 saturated carbocycles. The highest BCUT2D eigenvalue weighted by Crippen LogP contribution is 2.44. The monoisotopic (exact) mass is 1480 g/mol. The van der Waals surface area contributed by atoms with Gasteiger partial charge in [-0.1, -0.05) is 29.2 Å². The van der Waals surface area contributed by atoms with Gasteiger partial charge >= 0.3 is 12.2 Å². The zero-order valence-electron chi connectivity index (χ0n) is 59.9. The number of ether oxygens (including phenoxy) is 12. The summed E-state index contributed by atoms with van der Waals surface area (Å²) in [6.45, 7) is 6.31. The van der Waals surface area contributed by atoms with E-state index in [9.17, 15) is 69.6 Å². The molecule has 6 aliphatic rings. The van der Waals surface area contributed by atoms with Crippen LogP contribution in [0.5, 0.6) is 28.7 Å². The van der Waals surface area contributed by atoms with E-state index in [0.717, 1.165) is 20.9 Å². The number of carbonyl (C=O) groups excluding carboxylic acids is 6. The predicted molar refractivity (Wildman–Crippen MR) is 376 cm³/mol. The maximum atomic E-state index is 14.6. The minimum absolute atomic E-state index is 0.00483. The van der Waals surface area contributed by atoms with E-state index in [-0.39, 0.29) is 153 Å². The summed E-state index contributed by atoms with van der Waals surface area (Å²) in [5.74, 6) is 1.30. The zero-order chi connectivity index (χ0) is 75.9. The van der Waals surface area contributed by atoms with Gasteiger partial charge in [-0.05, 0) is 132 Å². The van der Waals surface area contributed by atoms with Gasteiger partial charge in [0.25, 0.3) is 11.8 Å². The molecule has 1 aliphatic carbocycles. The average Bonchev–Trinajstić information content (AvgIpc) is 1.60. The van der Waals surface area contributed by atoms with Crippen LogP contribution in [0.25, 0.3) is 0 Å². The summed E-state index contributed by atoms with van der Waals surface area (Å²) in [7, 11) is 2.88. The predicted octanol–water partition coefficient (Wildman–Crippen LogP) is 5.52. The van der Waals surface area contributed by atoms with Crippen LogP contribution in [0.2, 0.25) is 0 Å². The number of aryl methyl sites for hydroxylation is 1. The second kappa shape index (κ2) is 37.2. The average molecular weight is 1480 g/mol. The first-order valence-electron chi connectivity index (χ1n) is 35.4. The Bertz CT molecular complexity index is 3900. The summed E-state index contributed by atoms with van der Waals surface area (Å²) in [6, 6.07) is 13.1. The Balaban J connectivity index is 0.795. The molecule has 0 aromatic heterocycles. The van der Waals surface area contributed by atoms with Crippen LogP contribution >= 0.6 is 0 Å². The molecule has 10 rings (SSSR count). The van der Waals surface area contributed by atoms with Gasteiger partial charge in [-0.3, -0.25) is 19.2 Å². The second-order valence-corrected chi connectivity index (χ2v) is 26.8. The standard InChI is InChI=1S/C76H94N4O26/c1-7-21-97-26-28-99-29-27-98-23-12-14-57(82)50-33-46(15-18-60(50)105-62-20-17-58(83)66(85)68(62)87)40-103-75(93)79-52-36-63(45(4)32-48(52)70(89)77-38-43(2)30-54(77)72(79)91)100-24-9-8-10-25-101-65-37-53-49(35-64(65)96-6)71(90)78-39-44(3)31-55(78)73(92)80(53)76(94)104-41-47-16-19-61(51(34-47)56(81)13-11-22-95-5)106-74-69(88)67(86)59(84)42-102-74/h1,15-16,18-19,32-39,54-55,58-59,62,66-69,72-74,83-88,91-92H,8-14,17,20-31,40-42H2,2-6H3/t54-,55-,58+,59+,62+,66-,67-,68-,69+,72?,73?,74-/m0/s1. The molecule has 5 aliphatic heterocycles. The normalized spacial score (nSPS) is 24.0. The number of rotatable bonds is 34. The lowest BCUT2D eigenvalue weighted by molar-refractivity contribution is -0.242. The topological polar surface area (TPSA) is 388 Å². The number of fused-ring (bicyclic) bond motifs is 4. The molecule has 106 heavy (non-hydrogen) atoms. The molecule has 30 heteroatoms. The molecule has 574 valence electrons. The van der Waals surface area contributed by atoms with Crippen molar-refractivity contribution < 1.29 is 126 Å². The SMILES string of the molecule is C#CCOCCOCCOCCCC(=O)c1cc(COC(=O)N2c3cc(OCCCCCOc4cc5c(cc4OC)C(=O)N4C=C(C)C[C@H]4C(O)N5C(=O)OCc4ccc(O[C@@H]5OC[C@@H](O)[C@H](O)[C@H]5O)c(C(=O)CCCOC)c4)c(C)cc3C(=O)N3C=C(C)C[C@H]3C2O)ccc1O[C@@H]1CC[C@@H](O)[C@H](O)[C@H]1O. The van der Waals surface area contributed by atoms with Gasteiger partial charge in [0.05, 0.1) is 105 Å². The molecule has 4 aromatic carbocycles. The van der Waals surface area contributed by atoms with Crippen molar-refractivity contribution in [1.82, 2.24) is 9.80 Å². The molecule has 1 saturated heterocycles. The number of aliphatic hydroxyl groups is 8. The number of carbonyl (C=O) groups is 6. The molecule has 0 spiro atoms. The fraction of sp³-hybridized carbons (Fsp3) is 0.526. The Morgan fingerprint density at radius 3 is 1.62 bits per heavy atom. The van der Waals surface area contributed by atoms with Crippen LogP contribution in [-0.4, -0.2) is 240 Å². The number of nitrogens with zero attached hydrogens (tertiary/aromatic N) is 4. The Morgan fingerprint density at radius 1 is 0.538 bits per heavy atom. The van der Waals surface area contributed by atoms with Gasteiger partial charge in [-0.15, -0.1) is 6.42 Å². The van der Waals surface area contributed by atoms with E-state index in [1.807, 2.05) is 6.92 Å².